The number of nitrogens with zero attached hydrogens (tertiary/aromatic N) is 3. The van der Waals surface area contributed by atoms with Gasteiger partial charge < -0.3 is 9.73 Å². The minimum atomic E-state index is -0.104. The molecular weight excluding hydrogens is 324 g/mol. The van der Waals surface area contributed by atoms with Crippen LogP contribution in [0.1, 0.15) is 36.1 Å². The minimum absolute atomic E-state index is 0.104. The van der Waals surface area contributed by atoms with E-state index in [1.165, 1.54) is 24.2 Å². The van der Waals surface area contributed by atoms with Crippen LogP contribution in [0.4, 0.5) is 5.13 Å². The lowest BCUT2D eigenvalue weighted by Gasteiger charge is -1.99. The lowest BCUT2D eigenvalue weighted by atomic mass is 10.2. The number of hydrogen-bond acceptors (Lipinski definition) is 6. The maximum Gasteiger partial charge on any atom is 0.226 e. The van der Waals surface area contributed by atoms with Gasteiger partial charge in [-0.15, -0.1) is 10.2 Å². The summed E-state index contributed by atoms with van der Waals surface area (Å²) in [6, 6.07) is 9.77. The van der Waals surface area contributed by atoms with Crippen LogP contribution in [0.2, 0.25) is 0 Å². The molecule has 0 radical (unpaired) electrons. The molecule has 1 saturated carbocycles. The molecule has 3 aromatic rings. The number of aromatic nitrogens is 3. The summed E-state index contributed by atoms with van der Waals surface area (Å²) >= 11 is 1.46. The summed E-state index contributed by atoms with van der Waals surface area (Å²) in [5, 5.41) is 12.5. The standard InChI is InChI=1S/C17H16N4O2S/c22-14(19-17-21-20-16(24-17)12-6-7-12)8-9-15-18-10-13(23-15)11-4-2-1-3-5-11/h1-5,10,12H,6-9H2,(H,19,21,22). The molecule has 0 saturated heterocycles. The van der Waals surface area contributed by atoms with Crippen molar-refractivity contribution in [2.45, 2.75) is 31.6 Å². The molecule has 1 amide bonds. The molecule has 4 rings (SSSR count). The number of aryl methyl sites for hydroxylation is 1. The smallest absolute Gasteiger partial charge is 0.226 e. The van der Waals surface area contributed by atoms with Crippen LogP contribution < -0.4 is 5.32 Å². The van der Waals surface area contributed by atoms with Crippen LogP contribution in [0.25, 0.3) is 11.3 Å². The van der Waals surface area contributed by atoms with E-state index in [1.807, 2.05) is 30.3 Å². The van der Waals surface area contributed by atoms with Crippen LogP contribution in [-0.4, -0.2) is 21.1 Å². The van der Waals surface area contributed by atoms with Crippen molar-refractivity contribution >= 4 is 22.4 Å². The summed E-state index contributed by atoms with van der Waals surface area (Å²) in [6.45, 7) is 0. The van der Waals surface area contributed by atoms with Crippen LogP contribution in [0.5, 0.6) is 0 Å². The Hall–Kier alpha value is -2.54. The normalized spacial score (nSPS) is 13.8. The molecular formula is C17H16N4O2S. The highest BCUT2D eigenvalue weighted by Gasteiger charge is 2.27. The van der Waals surface area contributed by atoms with Crippen molar-refractivity contribution in [2.75, 3.05) is 5.32 Å². The van der Waals surface area contributed by atoms with Crippen LogP contribution >= 0.6 is 11.3 Å². The SMILES string of the molecule is O=C(CCc1ncc(-c2ccccc2)o1)Nc1nnc(C2CC2)s1. The highest BCUT2D eigenvalue weighted by atomic mass is 32.1. The van der Waals surface area contributed by atoms with Gasteiger partial charge in [-0.25, -0.2) is 4.98 Å². The Morgan fingerprint density at radius 3 is 2.88 bits per heavy atom. The second kappa shape index (κ2) is 6.52. The van der Waals surface area contributed by atoms with Gasteiger partial charge in [0.25, 0.3) is 0 Å². The molecule has 7 heteroatoms. The first-order valence-corrected chi connectivity index (χ1v) is 8.73. The first-order valence-electron chi connectivity index (χ1n) is 7.91. The average molecular weight is 340 g/mol. The molecule has 1 N–H and O–H groups in total. The van der Waals surface area contributed by atoms with Crippen LogP contribution in [0.3, 0.4) is 0 Å². The third-order valence-electron chi connectivity index (χ3n) is 3.79. The van der Waals surface area contributed by atoms with E-state index in [2.05, 4.69) is 20.5 Å². The molecule has 24 heavy (non-hydrogen) atoms. The third-order valence-corrected chi connectivity index (χ3v) is 4.79. The Bertz CT molecular complexity index is 839. The van der Waals surface area contributed by atoms with Crippen LogP contribution in [-0.2, 0) is 11.2 Å². The van der Waals surface area contributed by atoms with E-state index in [9.17, 15) is 4.79 Å². The van der Waals surface area contributed by atoms with Crippen molar-refractivity contribution in [1.29, 1.82) is 0 Å². The zero-order valence-electron chi connectivity index (χ0n) is 12.9. The fourth-order valence-corrected chi connectivity index (χ4v) is 3.27. The second-order valence-corrected chi connectivity index (χ2v) is 6.76. The van der Waals surface area contributed by atoms with Gasteiger partial charge in [-0.2, -0.15) is 0 Å². The Kier molecular flexibility index (Phi) is 4.08. The lowest BCUT2D eigenvalue weighted by Crippen LogP contribution is -2.12. The third kappa shape index (κ3) is 3.51. The number of amides is 1. The van der Waals surface area contributed by atoms with Crippen molar-refractivity contribution in [1.82, 2.24) is 15.2 Å². The van der Waals surface area contributed by atoms with E-state index in [-0.39, 0.29) is 5.91 Å². The number of benzene rings is 1. The van der Waals surface area contributed by atoms with E-state index in [4.69, 9.17) is 4.42 Å². The van der Waals surface area contributed by atoms with Crippen LogP contribution in [0, 0.1) is 0 Å². The molecule has 2 aromatic heterocycles. The van der Waals surface area contributed by atoms with Gasteiger partial charge in [-0.05, 0) is 12.8 Å². The minimum Gasteiger partial charge on any atom is -0.441 e. The second-order valence-electron chi connectivity index (χ2n) is 5.75. The van der Waals surface area contributed by atoms with E-state index in [0.717, 1.165) is 10.6 Å². The fourth-order valence-electron chi connectivity index (χ4n) is 2.34. The van der Waals surface area contributed by atoms with E-state index >= 15 is 0 Å². The Morgan fingerprint density at radius 2 is 2.08 bits per heavy atom. The quantitative estimate of drug-likeness (QED) is 0.741. The molecule has 0 spiro atoms. The predicted octanol–water partition coefficient (Wildman–Crippen LogP) is 3.64. The van der Waals surface area contributed by atoms with Crippen molar-refractivity contribution < 1.29 is 9.21 Å². The Balaban J connectivity index is 1.31. The highest BCUT2D eigenvalue weighted by Crippen LogP contribution is 2.42. The molecule has 0 atom stereocenters. The fraction of sp³-hybridized carbons (Fsp3) is 0.294. The molecule has 1 aliphatic carbocycles. The highest BCUT2D eigenvalue weighted by molar-refractivity contribution is 7.15. The summed E-state index contributed by atoms with van der Waals surface area (Å²) in [4.78, 5) is 16.3. The van der Waals surface area contributed by atoms with Crippen molar-refractivity contribution in [3.8, 4) is 11.3 Å². The largest absolute Gasteiger partial charge is 0.441 e. The number of carbonyl (C=O) groups excluding carboxylic acids is 1. The number of carbonyl (C=O) groups is 1. The van der Waals surface area contributed by atoms with Gasteiger partial charge in [0.05, 0.1) is 6.20 Å². The molecule has 122 valence electrons. The number of rotatable bonds is 6. The van der Waals surface area contributed by atoms with Gasteiger partial charge in [0, 0.05) is 24.3 Å². The summed E-state index contributed by atoms with van der Waals surface area (Å²) in [5.41, 5.74) is 0.974. The molecule has 2 heterocycles. The van der Waals surface area contributed by atoms with E-state index < -0.39 is 0 Å². The summed E-state index contributed by atoms with van der Waals surface area (Å²) in [6.07, 6.45) is 4.79. The number of hydrogen-bond donors (Lipinski definition) is 1. The average Bonchev–Trinajstić information content (AvgIpc) is 3.17. The summed E-state index contributed by atoms with van der Waals surface area (Å²) in [7, 11) is 0. The van der Waals surface area contributed by atoms with Gasteiger partial charge in [0.2, 0.25) is 11.0 Å². The molecule has 0 unspecified atom stereocenters. The van der Waals surface area contributed by atoms with Crippen LogP contribution in [0.15, 0.2) is 40.9 Å². The molecule has 0 aliphatic heterocycles. The van der Waals surface area contributed by atoms with E-state index in [1.54, 1.807) is 6.20 Å². The van der Waals surface area contributed by atoms with Gasteiger partial charge in [-0.1, -0.05) is 41.7 Å². The predicted molar refractivity (Wildman–Crippen MR) is 90.8 cm³/mol. The van der Waals surface area contributed by atoms with Crippen molar-refractivity contribution in [3.63, 3.8) is 0 Å². The van der Waals surface area contributed by atoms with Crippen molar-refractivity contribution in [3.05, 3.63) is 47.4 Å². The van der Waals surface area contributed by atoms with Gasteiger partial charge >= 0.3 is 0 Å². The molecule has 6 nitrogen and oxygen atoms in total. The Labute approximate surface area is 143 Å². The lowest BCUT2D eigenvalue weighted by molar-refractivity contribution is -0.116. The summed E-state index contributed by atoms with van der Waals surface area (Å²) in [5.74, 6) is 1.72. The number of nitrogens with one attached hydrogen (secondary N) is 1. The monoisotopic (exact) mass is 340 g/mol. The molecule has 1 fully saturated rings. The number of oxazole rings is 1. The molecule has 1 aromatic carbocycles. The zero-order chi connectivity index (χ0) is 16.4. The first-order chi connectivity index (χ1) is 11.8. The maximum absolute atomic E-state index is 12.0. The van der Waals surface area contributed by atoms with E-state index in [0.29, 0.717) is 35.5 Å². The van der Waals surface area contributed by atoms with Gasteiger partial charge in [0.15, 0.2) is 11.7 Å². The molecule has 0 bridgehead atoms. The maximum atomic E-state index is 12.0. The number of anilines is 1. The molecule has 1 aliphatic rings. The summed E-state index contributed by atoms with van der Waals surface area (Å²) < 4.78 is 5.70. The zero-order valence-corrected chi connectivity index (χ0v) is 13.8. The van der Waals surface area contributed by atoms with Crippen molar-refractivity contribution in [2.24, 2.45) is 0 Å². The first kappa shape index (κ1) is 15.0. The Morgan fingerprint density at radius 1 is 1.25 bits per heavy atom. The van der Waals surface area contributed by atoms with Gasteiger partial charge in [-0.3, -0.25) is 4.79 Å². The topological polar surface area (TPSA) is 80.9 Å². The van der Waals surface area contributed by atoms with Gasteiger partial charge in [0.1, 0.15) is 5.01 Å².